The molecular formula is C28H27F5N4O3S. The van der Waals surface area contributed by atoms with Crippen LogP contribution < -0.4 is 10.6 Å². The molecule has 5 rings (SSSR count). The van der Waals surface area contributed by atoms with Gasteiger partial charge in [0.1, 0.15) is 17.5 Å². The first kappa shape index (κ1) is 29.1. The molecule has 218 valence electrons. The number of amides is 1. The Morgan fingerprint density at radius 3 is 2.46 bits per heavy atom. The Bertz CT molecular complexity index is 1600. The van der Waals surface area contributed by atoms with E-state index >= 15 is 4.39 Å². The van der Waals surface area contributed by atoms with Gasteiger partial charge in [0.05, 0.1) is 23.7 Å². The van der Waals surface area contributed by atoms with Crippen LogP contribution >= 0.6 is 11.8 Å². The van der Waals surface area contributed by atoms with Crippen molar-refractivity contribution in [3.63, 3.8) is 0 Å². The van der Waals surface area contributed by atoms with Crippen LogP contribution in [-0.4, -0.2) is 65.0 Å². The highest BCUT2D eigenvalue weighted by Crippen LogP contribution is 2.50. The van der Waals surface area contributed by atoms with Gasteiger partial charge >= 0.3 is 11.9 Å². The SMILES string of the molecule is C=CC(=O)N1C(C)CN(c2nc(=O)n3c4c(c(-c5ccc(F)cc5F)c(C(F)(F)F)cc24)SCC3COC)CC1C. The van der Waals surface area contributed by atoms with E-state index in [0.29, 0.717) is 6.07 Å². The van der Waals surface area contributed by atoms with Gasteiger partial charge in [-0.05, 0) is 38.1 Å². The number of carbonyl (C=O) groups is 1. The highest BCUT2D eigenvalue weighted by molar-refractivity contribution is 7.99. The third-order valence-electron chi connectivity index (χ3n) is 7.44. The summed E-state index contributed by atoms with van der Waals surface area (Å²) in [5.74, 6) is -2.15. The van der Waals surface area contributed by atoms with E-state index in [1.165, 1.54) is 17.8 Å². The van der Waals surface area contributed by atoms with Crippen molar-refractivity contribution in [1.82, 2.24) is 14.5 Å². The number of hydrogen-bond donors (Lipinski definition) is 0. The highest BCUT2D eigenvalue weighted by Gasteiger charge is 2.41. The van der Waals surface area contributed by atoms with E-state index in [4.69, 9.17) is 4.74 Å². The lowest BCUT2D eigenvalue weighted by Crippen LogP contribution is -2.58. The summed E-state index contributed by atoms with van der Waals surface area (Å²) in [5.41, 5.74) is -2.53. The number of halogens is 5. The molecule has 3 aromatic rings. The number of carbonyl (C=O) groups excluding carboxylic acids is 1. The lowest BCUT2D eigenvalue weighted by molar-refractivity contribution is -0.137. The number of methoxy groups -OCH3 is 1. The van der Waals surface area contributed by atoms with Crippen LogP contribution in [0.25, 0.3) is 22.0 Å². The predicted octanol–water partition coefficient (Wildman–Crippen LogP) is 5.27. The summed E-state index contributed by atoms with van der Waals surface area (Å²) in [6, 6.07) is 2.03. The maximum absolute atomic E-state index is 15.0. The zero-order valence-corrected chi connectivity index (χ0v) is 23.3. The molecule has 0 bridgehead atoms. The summed E-state index contributed by atoms with van der Waals surface area (Å²) in [7, 11) is 1.45. The quantitative estimate of drug-likeness (QED) is 0.297. The van der Waals surface area contributed by atoms with E-state index in [-0.39, 0.29) is 65.1 Å². The number of aromatic nitrogens is 2. The number of ether oxygens (including phenoxy) is 1. The second kappa shape index (κ2) is 10.8. The number of alkyl halides is 3. The van der Waals surface area contributed by atoms with Gasteiger partial charge in [-0.3, -0.25) is 9.36 Å². The van der Waals surface area contributed by atoms with Crippen molar-refractivity contribution >= 4 is 34.4 Å². The maximum Gasteiger partial charge on any atom is 0.417 e. The van der Waals surface area contributed by atoms with Gasteiger partial charge in [0.15, 0.2) is 0 Å². The Morgan fingerprint density at radius 2 is 1.88 bits per heavy atom. The zero-order chi connectivity index (χ0) is 29.8. The molecule has 7 nitrogen and oxygen atoms in total. The van der Waals surface area contributed by atoms with E-state index in [0.717, 1.165) is 30.0 Å². The molecule has 41 heavy (non-hydrogen) atoms. The van der Waals surface area contributed by atoms with Gasteiger partial charge in [-0.1, -0.05) is 6.58 Å². The largest absolute Gasteiger partial charge is 0.417 e. The standard InChI is InChI=1S/C28H27F5N4O3S/c1-5-22(38)36-14(2)10-35(11-15(36)3)26-19-9-20(28(31,32)33)23(18-7-6-16(29)8-21(18)30)25-24(19)37(27(39)34-26)17(12-40-4)13-41-25/h5-9,14-15,17H,1,10-13H2,2-4H3. The van der Waals surface area contributed by atoms with Gasteiger partial charge < -0.3 is 14.5 Å². The summed E-state index contributed by atoms with van der Waals surface area (Å²) in [5, 5.41) is 0.0643. The number of nitrogens with zero attached hydrogens (tertiary/aromatic N) is 4. The van der Waals surface area contributed by atoms with Crippen LogP contribution in [0.4, 0.5) is 27.8 Å². The van der Waals surface area contributed by atoms with Crippen LogP contribution in [0.15, 0.2) is 46.6 Å². The first-order valence-electron chi connectivity index (χ1n) is 12.8. The molecule has 0 N–H and O–H groups in total. The Hall–Kier alpha value is -3.45. The van der Waals surface area contributed by atoms with Crippen LogP contribution in [0.1, 0.15) is 25.5 Å². The second-order valence-corrected chi connectivity index (χ2v) is 11.2. The normalized spacial score (nSPS) is 20.9. The number of thioether (sulfide) groups is 1. The molecule has 2 aliphatic rings. The molecule has 13 heteroatoms. The van der Waals surface area contributed by atoms with Crippen LogP contribution in [-0.2, 0) is 15.7 Å². The fourth-order valence-electron chi connectivity index (χ4n) is 5.87. The molecule has 0 aliphatic carbocycles. The highest BCUT2D eigenvalue weighted by atomic mass is 32.2. The summed E-state index contributed by atoms with van der Waals surface area (Å²) in [4.78, 5) is 33.6. The lowest BCUT2D eigenvalue weighted by atomic mass is 9.95. The molecule has 1 aromatic heterocycles. The van der Waals surface area contributed by atoms with Gasteiger partial charge in [0, 0.05) is 65.5 Å². The molecule has 1 amide bonds. The zero-order valence-electron chi connectivity index (χ0n) is 22.5. The van der Waals surface area contributed by atoms with E-state index in [1.807, 2.05) is 0 Å². The van der Waals surface area contributed by atoms with E-state index < -0.39 is 46.2 Å². The lowest BCUT2D eigenvalue weighted by Gasteiger charge is -2.45. The van der Waals surface area contributed by atoms with Gasteiger partial charge in [0.25, 0.3) is 0 Å². The van der Waals surface area contributed by atoms with Crippen molar-refractivity contribution in [1.29, 1.82) is 0 Å². The molecule has 0 saturated carbocycles. The number of rotatable bonds is 5. The number of anilines is 1. The van der Waals surface area contributed by atoms with E-state index in [1.54, 1.807) is 23.6 Å². The van der Waals surface area contributed by atoms with Crippen LogP contribution in [0, 0.1) is 11.6 Å². The predicted molar refractivity (Wildman–Crippen MR) is 146 cm³/mol. The minimum absolute atomic E-state index is 0.0437. The molecule has 2 aromatic carbocycles. The summed E-state index contributed by atoms with van der Waals surface area (Å²) < 4.78 is 79.4. The third-order valence-corrected chi connectivity index (χ3v) is 8.68. The Morgan fingerprint density at radius 1 is 1.20 bits per heavy atom. The van der Waals surface area contributed by atoms with Crippen LogP contribution in [0.2, 0.25) is 0 Å². The van der Waals surface area contributed by atoms with Crippen LogP contribution in [0.3, 0.4) is 0 Å². The van der Waals surface area contributed by atoms with Crippen molar-refractivity contribution in [2.24, 2.45) is 0 Å². The maximum atomic E-state index is 15.0. The number of benzene rings is 2. The smallest absolute Gasteiger partial charge is 0.383 e. The monoisotopic (exact) mass is 594 g/mol. The molecule has 3 heterocycles. The summed E-state index contributed by atoms with van der Waals surface area (Å²) in [6.45, 7) is 7.63. The van der Waals surface area contributed by atoms with Gasteiger partial charge in [0.2, 0.25) is 5.91 Å². The molecule has 1 fully saturated rings. The van der Waals surface area contributed by atoms with Crippen molar-refractivity contribution < 1.29 is 31.5 Å². The van der Waals surface area contributed by atoms with E-state index in [2.05, 4.69) is 11.6 Å². The van der Waals surface area contributed by atoms with Crippen molar-refractivity contribution in [3.05, 3.63) is 64.6 Å². The molecule has 0 spiro atoms. The van der Waals surface area contributed by atoms with Crippen LogP contribution in [0.5, 0.6) is 0 Å². The average molecular weight is 595 g/mol. The van der Waals surface area contributed by atoms with E-state index in [9.17, 15) is 27.2 Å². The van der Waals surface area contributed by atoms with Gasteiger partial charge in [-0.25, -0.2) is 13.6 Å². The minimum Gasteiger partial charge on any atom is -0.383 e. The minimum atomic E-state index is -4.92. The fourth-order valence-corrected chi connectivity index (χ4v) is 7.18. The number of hydrogen-bond acceptors (Lipinski definition) is 6. The third kappa shape index (κ3) is 4.99. The second-order valence-electron chi connectivity index (χ2n) is 10.2. The molecule has 0 radical (unpaired) electrons. The summed E-state index contributed by atoms with van der Waals surface area (Å²) >= 11 is 1.06. The Kier molecular flexibility index (Phi) is 7.62. The van der Waals surface area contributed by atoms with Crippen molar-refractivity contribution in [2.45, 2.75) is 43.0 Å². The van der Waals surface area contributed by atoms with Crippen molar-refractivity contribution in [3.8, 4) is 11.1 Å². The Labute approximate surface area is 236 Å². The van der Waals surface area contributed by atoms with Gasteiger partial charge in [-0.15, -0.1) is 11.8 Å². The van der Waals surface area contributed by atoms with Crippen molar-refractivity contribution in [2.75, 3.05) is 37.5 Å². The molecule has 1 saturated heterocycles. The molecule has 2 aliphatic heterocycles. The average Bonchev–Trinajstić information content (AvgIpc) is 2.90. The Balaban J connectivity index is 1.83. The number of piperazine rings is 1. The first-order valence-corrected chi connectivity index (χ1v) is 13.8. The molecule has 3 unspecified atom stereocenters. The van der Waals surface area contributed by atoms with Gasteiger partial charge in [-0.2, -0.15) is 18.2 Å². The fraction of sp³-hybridized carbons (Fsp3) is 0.393. The molecule has 3 atom stereocenters. The first-order chi connectivity index (χ1) is 19.4. The summed E-state index contributed by atoms with van der Waals surface area (Å²) in [6.07, 6.45) is -3.71. The topological polar surface area (TPSA) is 67.7 Å². The molecular weight excluding hydrogens is 567 g/mol.